The summed E-state index contributed by atoms with van der Waals surface area (Å²) in [7, 11) is 1.39. The number of para-hydroxylation sites is 2. The lowest BCUT2D eigenvalue weighted by Crippen LogP contribution is -2.00. The highest BCUT2D eigenvalue weighted by atomic mass is 16.5. The lowest BCUT2D eigenvalue weighted by atomic mass is 10.0. The minimum absolute atomic E-state index is 0.333. The van der Waals surface area contributed by atoms with Gasteiger partial charge in [0, 0.05) is 5.56 Å². The van der Waals surface area contributed by atoms with Crippen LogP contribution in [0.1, 0.15) is 10.4 Å². The van der Waals surface area contributed by atoms with Gasteiger partial charge in [-0.05, 0) is 35.4 Å². The Morgan fingerprint density at radius 1 is 0.880 bits per heavy atom. The number of aromatic amines is 1. The first-order valence-corrected chi connectivity index (χ1v) is 7.98. The van der Waals surface area contributed by atoms with Gasteiger partial charge in [0.05, 0.1) is 23.7 Å². The SMILES string of the molecule is COC(=O)c1cccc(-c2ccc(-c3nc4ccccc4[nH]3)cc2)c1. The number of rotatable bonds is 3. The van der Waals surface area contributed by atoms with Crippen molar-refractivity contribution in [3.8, 4) is 22.5 Å². The number of nitrogens with one attached hydrogen (secondary N) is 1. The molecule has 0 aliphatic rings. The zero-order valence-corrected chi connectivity index (χ0v) is 13.7. The van der Waals surface area contributed by atoms with Gasteiger partial charge in [-0.2, -0.15) is 0 Å². The van der Waals surface area contributed by atoms with Crippen LogP contribution in [0.15, 0.2) is 72.8 Å². The first-order chi connectivity index (χ1) is 12.2. The molecule has 3 aromatic carbocycles. The summed E-state index contributed by atoms with van der Waals surface area (Å²) in [5, 5.41) is 0. The minimum atomic E-state index is -0.333. The largest absolute Gasteiger partial charge is 0.465 e. The van der Waals surface area contributed by atoms with E-state index in [1.807, 2.05) is 66.7 Å². The van der Waals surface area contributed by atoms with Crippen LogP contribution in [0.5, 0.6) is 0 Å². The highest BCUT2D eigenvalue weighted by Crippen LogP contribution is 2.25. The van der Waals surface area contributed by atoms with Crippen LogP contribution in [-0.2, 0) is 4.74 Å². The minimum Gasteiger partial charge on any atom is -0.465 e. The molecular formula is C21H16N2O2. The number of carbonyl (C=O) groups excluding carboxylic acids is 1. The summed E-state index contributed by atoms with van der Waals surface area (Å²) in [6.07, 6.45) is 0. The van der Waals surface area contributed by atoms with Crippen LogP contribution < -0.4 is 0 Å². The van der Waals surface area contributed by atoms with Crippen LogP contribution >= 0.6 is 0 Å². The van der Waals surface area contributed by atoms with Crippen LogP contribution in [0.25, 0.3) is 33.5 Å². The molecule has 0 spiro atoms. The fourth-order valence-corrected chi connectivity index (χ4v) is 2.85. The number of hydrogen-bond donors (Lipinski definition) is 1. The number of H-pyrrole nitrogens is 1. The molecule has 1 N–H and O–H groups in total. The molecule has 4 rings (SSSR count). The second kappa shape index (κ2) is 6.24. The molecule has 0 unspecified atom stereocenters. The zero-order valence-electron chi connectivity index (χ0n) is 13.7. The second-order valence-electron chi connectivity index (χ2n) is 5.75. The quantitative estimate of drug-likeness (QED) is 0.555. The summed E-state index contributed by atoms with van der Waals surface area (Å²) in [4.78, 5) is 19.6. The number of esters is 1. The molecule has 4 aromatic rings. The fraction of sp³-hybridized carbons (Fsp3) is 0.0476. The number of carbonyl (C=O) groups is 1. The van der Waals surface area contributed by atoms with Gasteiger partial charge >= 0.3 is 5.97 Å². The molecule has 25 heavy (non-hydrogen) atoms. The van der Waals surface area contributed by atoms with Crippen molar-refractivity contribution in [1.82, 2.24) is 9.97 Å². The molecule has 0 bridgehead atoms. The highest BCUT2D eigenvalue weighted by Gasteiger charge is 2.08. The van der Waals surface area contributed by atoms with E-state index in [1.165, 1.54) is 7.11 Å². The Bertz CT molecular complexity index is 1020. The van der Waals surface area contributed by atoms with Crippen LogP contribution in [0.3, 0.4) is 0 Å². The Hall–Kier alpha value is -3.40. The van der Waals surface area contributed by atoms with Crippen molar-refractivity contribution in [2.24, 2.45) is 0 Å². The molecule has 4 heteroatoms. The van der Waals surface area contributed by atoms with E-state index in [4.69, 9.17) is 4.74 Å². The number of imidazole rings is 1. The molecule has 0 aliphatic carbocycles. The van der Waals surface area contributed by atoms with Crippen LogP contribution in [0, 0.1) is 0 Å². The normalized spacial score (nSPS) is 10.8. The van der Waals surface area contributed by atoms with E-state index in [2.05, 4.69) is 9.97 Å². The zero-order chi connectivity index (χ0) is 17.2. The van der Waals surface area contributed by atoms with Gasteiger partial charge in [-0.15, -0.1) is 0 Å². The van der Waals surface area contributed by atoms with Gasteiger partial charge in [0.25, 0.3) is 0 Å². The number of fused-ring (bicyclic) bond motifs is 1. The second-order valence-corrected chi connectivity index (χ2v) is 5.75. The molecule has 0 fully saturated rings. The van der Waals surface area contributed by atoms with Crippen molar-refractivity contribution in [2.45, 2.75) is 0 Å². The number of hydrogen-bond acceptors (Lipinski definition) is 3. The maximum Gasteiger partial charge on any atom is 0.337 e. The predicted molar refractivity (Wildman–Crippen MR) is 98.3 cm³/mol. The van der Waals surface area contributed by atoms with Gasteiger partial charge in [-0.3, -0.25) is 0 Å². The summed E-state index contributed by atoms with van der Waals surface area (Å²) in [6.45, 7) is 0. The van der Waals surface area contributed by atoms with Gasteiger partial charge in [0.2, 0.25) is 0 Å². The Balaban J connectivity index is 1.67. The summed E-state index contributed by atoms with van der Waals surface area (Å²) in [6, 6.07) is 23.5. The molecule has 1 heterocycles. The van der Waals surface area contributed by atoms with Crippen molar-refractivity contribution in [3.05, 3.63) is 78.4 Å². The number of nitrogens with zero attached hydrogens (tertiary/aromatic N) is 1. The van der Waals surface area contributed by atoms with E-state index in [-0.39, 0.29) is 5.97 Å². The summed E-state index contributed by atoms with van der Waals surface area (Å²) in [5.74, 6) is 0.511. The standard InChI is InChI=1S/C21H16N2O2/c1-25-21(24)17-6-4-5-16(13-17)14-9-11-15(12-10-14)20-22-18-7-2-3-8-19(18)23-20/h2-13H,1H3,(H,22,23). The van der Waals surface area contributed by atoms with E-state index in [0.29, 0.717) is 5.56 Å². The van der Waals surface area contributed by atoms with Crippen molar-refractivity contribution in [1.29, 1.82) is 0 Å². The maximum atomic E-state index is 11.7. The van der Waals surface area contributed by atoms with E-state index in [0.717, 1.165) is 33.5 Å². The predicted octanol–water partition coefficient (Wildman–Crippen LogP) is 4.68. The Morgan fingerprint density at radius 3 is 2.40 bits per heavy atom. The molecular weight excluding hydrogens is 312 g/mol. The maximum absolute atomic E-state index is 11.7. The van der Waals surface area contributed by atoms with Crippen molar-refractivity contribution in [2.75, 3.05) is 7.11 Å². The topological polar surface area (TPSA) is 55.0 Å². The molecule has 0 saturated carbocycles. The molecule has 0 atom stereocenters. The monoisotopic (exact) mass is 328 g/mol. The highest BCUT2D eigenvalue weighted by molar-refractivity contribution is 5.91. The fourth-order valence-electron chi connectivity index (χ4n) is 2.85. The van der Waals surface area contributed by atoms with Gasteiger partial charge < -0.3 is 9.72 Å². The van der Waals surface area contributed by atoms with E-state index in [9.17, 15) is 4.79 Å². The molecule has 0 aliphatic heterocycles. The third kappa shape index (κ3) is 2.90. The smallest absolute Gasteiger partial charge is 0.337 e. The first kappa shape index (κ1) is 15.1. The van der Waals surface area contributed by atoms with Crippen LogP contribution in [0.2, 0.25) is 0 Å². The van der Waals surface area contributed by atoms with Crippen molar-refractivity contribution >= 4 is 17.0 Å². The number of benzene rings is 3. The number of ether oxygens (including phenoxy) is 1. The molecule has 1 aromatic heterocycles. The average molecular weight is 328 g/mol. The van der Waals surface area contributed by atoms with Crippen molar-refractivity contribution < 1.29 is 9.53 Å². The van der Waals surface area contributed by atoms with Crippen molar-refractivity contribution in [3.63, 3.8) is 0 Å². The molecule has 0 amide bonds. The van der Waals surface area contributed by atoms with Crippen LogP contribution in [0.4, 0.5) is 0 Å². The lowest BCUT2D eigenvalue weighted by molar-refractivity contribution is 0.0601. The number of aromatic nitrogens is 2. The Labute approximate surface area is 145 Å². The Morgan fingerprint density at radius 2 is 1.64 bits per heavy atom. The summed E-state index contributed by atoms with van der Waals surface area (Å²) >= 11 is 0. The lowest BCUT2D eigenvalue weighted by Gasteiger charge is -2.05. The van der Waals surface area contributed by atoms with Gasteiger partial charge in [0.15, 0.2) is 0 Å². The third-order valence-corrected chi connectivity index (χ3v) is 4.16. The third-order valence-electron chi connectivity index (χ3n) is 4.16. The van der Waals surface area contributed by atoms with Gasteiger partial charge in [0.1, 0.15) is 5.82 Å². The van der Waals surface area contributed by atoms with E-state index < -0.39 is 0 Å². The van der Waals surface area contributed by atoms with Gasteiger partial charge in [-0.25, -0.2) is 9.78 Å². The van der Waals surface area contributed by atoms with Gasteiger partial charge in [-0.1, -0.05) is 48.5 Å². The average Bonchev–Trinajstić information content (AvgIpc) is 3.12. The first-order valence-electron chi connectivity index (χ1n) is 7.98. The molecule has 4 nitrogen and oxygen atoms in total. The summed E-state index contributed by atoms with van der Waals surface area (Å²) < 4.78 is 4.78. The van der Waals surface area contributed by atoms with E-state index >= 15 is 0 Å². The number of methoxy groups -OCH3 is 1. The molecule has 122 valence electrons. The summed E-state index contributed by atoms with van der Waals surface area (Å²) in [5.41, 5.74) is 5.54. The molecule has 0 radical (unpaired) electrons. The van der Waals surface area contributed by atoms with E-state index in [1.54, 1.807) is 6.07 Å². The Kier molecular flexibility index (Phi) is 3.78. The molecule has 0 saturated heterocycles. The van der Waals surface area contributed by atoms with Crippen LogP contribution in [-0.4, -0.2) is 23.0 Å².